The predicted octanol–water partition coefficient (Wildman–Crippen LogP) is 6.93. The van der Waals surface area contributed by atoms with E-state index in [-0.39, 0.29) is 0 Å². The smallest absolute Gasteiger partial charge is 0.386 e. The SMILES string of the molecule is CCCCCCCOB(OCCCCCCC)OCCCCCCC. The maximum Gasteiger partial charge on any atom is 0.639 e. The van der Waals surface area contributed by atoms with Gasteiger partial charge in [0, 0.05) is 19.8 Å². The second kappa shape index (κ2) is 22.0. The fourth-order valence-electron chi connectivity index (χ4n) is 2.80. The van der Waals surface area contributed by atoms with Crippen molar-refractivity contribution in [2.45, 2.75) is 117 Å². The lowest BCUT2D eigenvalue weighted by Crippen LogP contribution is -2.28. The Morgan fingerprint density at radius 1 is 0.400 bits per heavy atom. The van der Waals surface area contributed by atoms with E-state index in [4.69, 9.17) is 14.0 Å². The molecule has 0 aliphatic rings. The Bertz CT molecular complexity index is 201. The minimum absolute atomic E-state index is 0.455. The molecule has 0 rings (SSSR count). The van der Waals surface area contributed by atoms with Crippen LogP contribution in [0.25, 0.3) is 0 Å². The van der Waals surface area contributed by atoms with E-state index in [0.717, 1.165) is 39.1 Å². The minimum Gasteiger partial charge on any atom is -0.386 e. The molecule has 0 saturated carbocycles. The summed E-state index contributed by atoms with van der Waals surface area (Å²) < 4.78 is 17.5. The summed E-state index contributed by atoms with van der Waals surface area (Å²) in [5.74, 6) is 0. The molecule has 0 saturated heterocycles. The molecule has 0 aromatic rings. The minimum atomic E-state index is -0.455. The Morgan fingerprint density at radius 3 is 0.960 bits per heavy atom. The van der Waals surface area contributed by atoms with Crippen LogP contribution in [0.1, 0.15) is 117 Å². The van der Waals surface area contributed by atoms with Gasteiger partial charge in [-0.25, -0.2) is 0 Å². The second-order valence-corrected chi connectivity index (χ2v) is 7.14. The first-order chi connectivity index (χ1) is 12.3. The summed E-state index contributed by atoms with van der Waals surface area (Å²) in [6, 6.07) is 0. The molecule has 150 valence electrons. The molecule has 25 heavy (non-hydrogen) atoms. The molecule has 0 fully saturated rings. The molecular formula is C21H45BO3. The van der Waals surface area contributed by atoms with Gasteiger partial charge in [0.15, 0.2) is 0 Å². The molecule has 4 heteroatoms. The molecule has 0 spiro atoms. The monoisotopic (exact) mass is 356 g/mol. The summed E-state index contributed by atoms with van der Waals surface area (Å²) in [7, 11) is -0.455. The Morgan fingerprint density at radius 2 is 0.680 bits per heavy atom. The van der Waals surface area contributed by atoms with Crippen LogP contribution >= 0.6 is 0 Å². The zero-order valence-electron chi connectivity index (χ0n) is 17.5. The zero-order valence-corrected chi connectivity index (χ0v) is 17.5. The lowest BCUT2D eigenvalue weighted by Gasteiger charge is -2.15. The third kappa shape index (κ3) is 20.1. The molecule has 0 aromatic heterocycles. The molecule has 0 N–H and O–H groups in total. The molecule has 3 nitrogen and oxygen atoms in total. The van der Waals surface area contributed by atoms with Crippen molar-refractivity contribution >= 4 is 7.32 Å². The van der Waals surface area contributed by atoms with Gasteiger partial charge in [0.2, 0.25) is 0 Å². The van der Waals surface area contributed by atoms with Gasteiger partial charge in [-0.1, -0.05) is 97.8 Å². The Hall–Kier alpha value is -0.0551. The zero-order chi connectivity index (χ0) is 18.4. The Labute approximate surface area is 158 Å². The Kier molecular flexibility index (Phi) is 21.9. The van der Waals surface area contributed by atoms with Crippen LogP contribution in [-0.2, 0) is 14.0 Å². The standard InChI is InChI=1S/C21H45BO3/c1-4-7-10-13-16-19-23-22(24-20-17-14-11-8-5-2)25-21-18-15-12-9-6-3/h4-21H2,1-3H3. The third-order valence-corrected chi connectivity index (χ3v) is 4.51. The molecule has 0 amide bonds. The normalized spacial score (nSPS) is 11.2. The quantitative estimate of drug-likeness (QED) is 0.165. The van der Waals surface area contributed by atoms with Crippen LogP contribution in [0.4, 0.5) is 0 Å². The van der Waals surface area contributed by atoms with Crippen molar-refractivity contribution in [3.05, 3.63) is 0 Å². The lowest BCUT2D eigenvalue weighted by molar-refractivity contribution is 0.0885. The first-order valence-corrected chi connectivity index (χ1v) is 11.2. The summed E-state index contributed by atoms with van der Waals surface area (Å²) in [5.41, 5.74) is 0. The largest absolute Gasteiger partial charge is 0.639 e. The topological polar surface area (TPSA) is 27.7 Å². The van der Waals surface area contributed by atoms with Gasteiger partial charge in [-0.15, -0.1) is 0 Å². The first kappa shape index (κ1) is 24.9. The number of unbranched alkanes of at least 4 members (excludes halogenated alkanes) is 12. The molecule has 0 aromatic carbocycles. The van der Waals surface area contributed by atoms with Crippen molar-refractivity contribution in [1.82, 2.24) is 0 Å². The van der Waals surface area contributed by atoms with E-state index in [1.165, 1.54) is 77.0 Å². The van der Waals surface area contributed by atoms with Gasteiger partial charge in [-0.05, 0) is 19.3 Å². The van der Waals surface area contributed by atoms with Crippen molar-refractivity contribution in [3.8, 4) is 0 Å². The van der Waals surface area contributed by atoms with Crippen molar-refractivity contribution in [3.63, 3.8) is 0 Å². The second-order valence-electron chi connectivity index (χ2n) is 7.14. The fourth-order valence-corrected chi connectivity index (χ4v) is 2.80. The summed E-state index contributed by atoms with van der Waals surface area (Å²) in [6.07, 6.45) is 18.8. The van der Waals surface area contributed by atoms with E-state index in [1.807, 2.05) is 0 Å². The van der Waals surface area contributed by atoms with Crippen molar-refractivity contribution in [2.24, 2.45) is 0 Å². The molecule has 0 unspecified atom stereocenters. The van der Waals surface area contributed by atoms with Crippen molar-refractivity contribution < 1.29 is 14.0 Å². The summed E-state index contributed by atoms with van der Waals surface area (Å²) in [6.45, 7) is 8.99. The van der Waals surface area contributed by atoms with Gasteiger partial charge in [0.05, 0.1) is 0 Å². The molecule has 0 aliphatic heterocycles. The van der Waals surface area contributed by atoms with Gasteiger partial charge < -0.3 is 14.0 Å². The lowest BCUT2D eigenvalue weighted by atomic mass is 10.1. The number of rotatable bonds is 21. The van der Waals surface area contributed by atoms with Gasteiger partial charge in [-0.3, -0.25) is 0 Å². The fraction of sp³-hybridized carbons (Fsp3) is 1.00. The van der Waals surface area contributed by atoms with E-state index in [2.05, 4.69) is 20.8 Å². The van der Waals surface area contributed by atoms with E-state index in [0.29, 0.717) is 0 Å². The number of hydrogen-bond acceptors (Lipinski definition) is 3. The van der Waals surface area contributed by atoms with Crippen LogP contribution in [0.15, 0.2) is 0 Å². The van der Waals surface area contributed by atoms with Crippen LogP contribution in [0.3, 0.4) is 0 Å². The highest BCUT2D eigenvalue weighted by Gasteiger charge is 2.20. The third-order valence-electron chi connectivity index (χ3n) is 4.51. The first-order valence-electron chi connectivity index (χ1n) is 11.2. The molecular weight excluding hydrogens is 311 g/mol. The molecule has 0 heterocycles. The van der Waals surface area contributed by atoms with Gasteiger partial charge in [-0.2, -0.15) is 0 Å². The van der Waals surface area contributed by atoms with E-state index in [1.54, 1.807) is 0 Å². The van der Waals surface area contributed by atoms with Crippen LogP contribution in [0.5, 0.6) is 0 Å². The number of hydrogen-bond donors (Lipinski definition) is 0. The highest BCUT2D eigenvalue weighted by atomic mass is 16.7. The summed E-state index contributed by atoms with van der Waals surface area (Å²) in [5, 5.41) is 0. The summed E-state index contributed by atoms with van der Waals surface area (Å²) in [4.78, 5) is 0. The highest BCUT2D eigenvalue weighted by Crippen LogP contribution is 2.07. The van der Waals surface area contributed by atoms with Crippen LogP contribution in [0.2, 0.25) is 0 Å². The van der Waals surface area contributed by atoms with Crippen LogP contribution < -0.4 is 0 Å². The van der Waals surface area contributed by atoms with E-state index < -0.39 is 7.32 Å². The maximum atomic E-state index is 5.83. The molecule has 0 bridgehead atoms. The average molecular weight is 356 g/mol. The van der Waals surface area contributed by atoms with Gasteiger partial charge >= 0.3 is 7.32 Å². The highest BCUT2D eigenvalue weighted by molar-refractivity contribution is 6.36. The maximum absolute atomic E-state index is 5.83. The summed E-state index contributed by atoms with van der Waals surface area (Å²) >= 11 is 0. The Balaban J connectivity index is 3.76. The predicted molar refractivity (Wildman–Crippen MR) is 110 cm³/mol. The van der Waals surface area contributed by atoms with Crippen molar-refractivity contribution in [2.75, 3.05) is 19.8 Å². The average Bonchev–Trinajstić information content (AvgIpc) is 2.63. The van der Waals surface area contributed by atoms with Gasteiger partial charge in [0.25, 0.3) is 0 Å². The van der Waals surface area contributed by atoms with Gasteiger partial charge in [0.1, 0.15) is 0 Å². The van der Waals surface area contributed by atoms with E-state index >= 15 is 0 Å². The van der Waals surface area contributed by atoms with E-state index in [9.17, 15) is 0 Å². The van der Waals surface area contributed by atoms with Crippen LogP contribution in [0, 0.1) is 0 Å². The molecule has 0 atom stereocenters. The molecule has 0 radical (unpaired) electrons. The van der Waals surface area contributed by atoms with Crippen LogP contribution in [-0.4, -0.2) is 27.1 Å². The van der Waals surface area contributed by atoms with Crippen molar-refractivity contribution in [1.29, 1.82) is 0 Å². The molecule has 0 aliphatic carbocycles.